The Morgan fingerprint density at radius 3 is 1.94 bits per heavy atom. The predicted octanol–water partition coefficient (Wildman–Crippen LogP) is 0.262. The van der Waals surface area contributed by atoms with Crippen LogP contribution < -0.4 is 0 Å². The summed E-state index contributed by atoms with van der Waals surface area (Å²) in [4.78, 5) is 0. The molecule has 0 atom stereocenters. The van der Waals surface area contributed by atoms with Crippen molar-refractivity contribution in [2.24, 2.45) is 0 Å². The van der Waals surface area contributed by atoms with Gasteiger partial charge in [-0.25, -0.2) is 0 Å². The fraction of sp³-hybridized carbons (Fsp3) is 0.400. The van der Waals surface area contributed by atoms with E-state index < -0.39 is 24.8 Å². The molecule has 0 unspecified atom stereocenters. The Bertz CT molecular complexity index is 569. The van der Waals surface area contributed by atoms with Gasteiger partial charge in [-0.2, -0.15) is 16.8 Å². The fourth-order valence-electron chi connectivity index (χ4n) is 1.61. The molecule has 1 fully saturated rings. The zero-order valence-corrected chi connectivity index (χ0v) is 11.0. The maximum Gasteiger partial charge on any atom is 0.287 e. The second kappa shape index (κ2) is 4.96. The molecule has 1 aliphatic heterocycles. The van der Waals surface area contributed by atoms with Crippen LogP contribution in [0, 0.1) is 0 Å². The largest absolute Gasteiger partial charge is 0.287 e. The van der Waals surface area contributed by atoms with Gasteiger partial charge in [-0.3, -0.25) is 8.37 Å². The van der Waals surface area contributed by atoms with Gasteiger partial charge in [0.25, 0.3) is 20.2 Å². The van der Waals surface area contributed by atoms with Gasteiger partial charge in [0.15, 0.2) is 0 Å². The van der Waals surface area contributed by atoms with Crippen LogP contribution in [-0.2, 0) is 35.0 Å². The Hall–Kier alpha value is -0.960. The zero-order valence-electron chi connectivity index (χ0n) is 9.35. The molecule has 0 saturated carbocycles. The average Bonchev–Trinajstić information content (AvgIpc) is 2.41. The molecular formula is C10H12O6S2. The summed E-state index contributed by atoms with van der Waals surface area (Å²) in [5, 5.41) is 0. The molecule has 0 aromatic heterocycles. The van der Waals surface area contributed by atoms with E-state index in [2.05, 4.69) is 8.37 Å². The first-order valence-electron chi connectivity index (χ1n) is 5.22. The topological polar surface area (TPSA) is 86.7 Å². The summed E-state index contributed by atoms with van der Waals surface area (Å²) in [7, 11) is -8.36. The highest BCUT2D eigenvalue weighted by Gasteiger charge is 2.41. The molecule has 0 spiro atoms. The van der Waals surface area contributed by atoms with Crippen molar-refractivity contribution in [3.63, 3.8) is 0 Å². The van der Waals surface area contributed by atoms with Crippen LogP contribution in [0.25, 0.3) is 0 Å². The number of rotatable bonds is 2. The molecule has 1 heterocycles. The molecule has 8 heteroatoms. The monoisotopic (exact) mass is 292 g/mol. The summed E-state index contributed by atoms with van der Waals surface area (Å²) in [6, 6.07) is 8.46. The van der Waals surface area contributed by atoms with E-state index in [1.807, 2.05) is 0 Å². The summed E-state index contributed by atoms with van der Waals surface area (Å²) in [6.45, 7) is -0.570. The smallest absolute Gasteiger partial charge is 0.267 e. The lowest BCUT2D eigenvalue weighted by atomic mass is 10.2. The molecule has 1 aliphatic rings. The molecule has 100 valence electrons. The molecular weight excluding hydrogens is 280 g/mol. The maximum absolute atomic E-state index is 11.7. The van der Waals surface area contributed by atoms with Gasteiger partial charge >= 0.3 is 0 Å². The van der Waals surface area contributed by atoms with Crippen molar-refractivity contribution in [1.82, 2.24) is 0 Å². The van der Waals surface area contributed by atoms with Gasteiger partial charge in [0.1, 0.15) is 0 Å². The second-order valence-corrected chi connectivity index (χ2v) is 7.63. The summed E-state index contributed by atoms with van der Waals surface area (Å²) in [5.74, 6) is 0. The minimum absolute atomic E-state index is 0.189. The first kappa shape index (κ1) is 13.5. The van der Waals surface area contributed by atoms with Crippen LogP contribution in [0.15, 0.2) is 30.3 Å². The van der Waals surface area contributed by atoms with Crippen molar-refractivity contribution in [2.75, 3.05) is 13.2 Å². The van der Waals surface area contributed by atoms with Gasteiger partial charge in [0.2, 0.25) is 4.58 Å². The van der Waals surface area contributed by atoms with Gasteiger partial charge < -0.3 is 0 Å². The van der Waals surface area contributed by atoms with E-state index >= 15 is 0 Å². The molecule has 2 rings (SSSR count). The standard InChI is InChI=1S/C10H12O6S2/c11-17(12)10(8-9-4-2-1-3-5-9)18(13,14)16-7-6-15-17/h1-5,10H,6-8H2. The second-order valence-electron chi connectivity index (χ2n) is 3.75. The van der Waals surface area contributed by atoms with Crippen LogP contribution in [0.5, 0.6) is 0 Å². The van der Waals surface area contributed by atoms with E-state index in [0.29, 0.717) is 5.56 Å². The first-order chi connectivity index (χ1) is 8.42. The fourth-order valence-corrected chi connectivity index (χ4v) is 4.79. The van der Waals surface area contributed by atoms with E-state index in [-0.39, 0.29) is 19.6 Å². The van der Waals surface area contributed by atoms with Crippen molar-refractivity contribution >= 4 is 20.2 Å². The van der Waals surface area contributed by atoms with Crippen LogP contribution in [0.2, 0.25) is 0 Å². The van der Waals surface area contributed by atoms with E-state index in [1.165, 1.54) is 0 Å². The zero-order chi connectivity index (χ0) is 13.2. The third-order valence-corrected chi connectivity index (χ3v) is 6.49. The lowest BCUT2D eigenvalue weighted by Gasteiger charge is -2.13. The third kappa shape index (κ3) is 2.89. The quantitative estimate of drug-likeness (QED) is 0.727. The Balaban J connectivity index is 2.37. The van der Waals surface area contributed by atoms with Gasteiger partial charge in [-0.05, 0) is 5.56 Å². The Morgan fingerprint density at radius 1 is 0.944 bits per heavy atom. The molecule has 0 radical (unpaired) electrons. The van der Waals surface area contributed by atoms with Gasteiger partial charge in [0.05, 0.1) is 13.2 Å². The van der Waals surface area contributed by atoms with Crippen LogP contribution >= 0.6 is 0 Å². The van der Waals surface area contributed by atoms with E-state index in [4.69, 9.17) is 0 Å². The molecule has 1 aromatic rings. The normalized spacial score (nSPS) is 23.3. The highest BCUT2D eigenvalue weighted by atomic mass is 32.3. The SMILES string of the molecule is O=S1(=O)OCCOS(=O)(=O)C1Cc1ccccc1. The Morgan fingerprint density at radius 2 is 1.44 bits per heavy atom. The first-order valence-corrected chi connectivity index (χ1v) is 8.16. The van der Waals surface area contributed by atoms with Gasteiger partial charge in [-0.15, -0.1) is 0 Å². The predicted molar refractivity (Wildman–Crippen MR) is 63.7 cm³/mol. The molecule has 0 amide bonds. The lowest BCUT2D eigenvalue weighted by Crippen LogP contribution is -2.32. The van der Waals surface area contributed by atoms with Crippen LogP contribution in [0.3, 0.4) is 0 Å². The molecule has 6 nitrogen and oxygen atoms in total. The van der Waals surface area contributed by atoms with Crippen molar-refractivity contribution in [2.45, 2.75) is 11.0 Å². The van der Waals surface area contributed by atoms with Crippen molar-refractivity contribution < 1.29 is 25.2 Å². The Labute approximate surface area is 106 Å². The van der Waals surface area contributed by atoms with E-state index in [1.54, 1.807) is 30.3 Å². The van der Waals surface area contributed by atoms with E-state index in [0.717, 1.165) is 0 Å². The van der Waals surface area contributed by atoms with Gasteiger partial charge in [-0.1, -0.05) is 30.3 Å². The summed E-state index contributed by atoms with van der Waals surface area (Å²) in [6.07, 6.45) is -0.189. The van der Waals surface area contributed by atoms with Crippen molar-refractivity contribution in [3.8, 4) is 0 Å². The maximum atomic E-state index is 11.7. The summed E-state index contributed by atoms with van der Waals surface area (Å²) < 4.78 is 54.4. The molecule has 0 aliphatic carbocycles. The van der Waals surface area contributed by atoms with Crippen LogP contribution in [0.4, 0.5) is 0 Å². The molecule has 18 heavy (non-hydrogen) atoms. The highest BCUT2D eigenvalue weighted by Crippen LogP contribution is 2.21. The van der Waals surface area contributed by atoms with Crippen LogP contribution in [0.1, 0.15) is 5.56 Å². The van der Waals surface area contributed by atoms with Crippen molar-refractivity contribution in [3.05, 3.63) is 35.9 Å². The minimum Gasteiger partial charge on any atom is -0.267 e. The lowest BCUT2D eigenvalue weighted by molar-refractivity contribution is 0.237. The average molecular weight is 292 g/mol. The minimum atomic E-state index is -4.18. The Kier molecular flexibility index (Phi) is 3.71. The molecule has 0 N–H and O–H groups in total. The third-order valence-electron chi connectivity index (χ3n) is 2.47. The highest BCUT2D eigenvalue weighted by molar-refractivity contribution is 8.04. The van der Waals surface area contributed by atoms with E-state index in [9.17, 15) is 16.8 Å². The number of benzene rings is 1. The number of hydrogen-bond acceptors (Lipinski definition) is 6. The summed E-state index contributed by atoms with van der Waals surface area (Å²) in [5.41, 5.74) is 0.587. The molecule has 0 bridgehead atoms. The van der Waals surface area contributed by atoms with Crippen LogP contribution in [-0.4, -0.2) is 34.6 Å². The van der Waals surface area contributed by atoms with Crippen molar-refractivity contribution in [1.29, 1.82) is 0 Å². The summed E-state index contributed by atoms with van der Waals surface area (Å²) >= 11 is 0. The molecule has 1 saturated heterocycles. The van der Waals surface area contributed by atoms with Gasteiger partial charge in [0, 0.05) is 6.42 Å². The molecule has 1 aromatic carbocycles. The number of hydrogen-bond donors (Lipinski definition) is 0.